The number of hydrogen-bond donors (Lipinski definition) is 0. The van der Waals surface area contributed by atoms with Crippen LogP contribution in [0.4, 0.5) is 10.5 Å². The summed E-state index contributed by atoms with van der Waals surface area (Å²) in [6.45, 7) is -0.202. The Morgan fingerprint density at radius 1 is 1.12 bits per heavy atom. The maximum absolute atomic E-state index is 12.4. The summed E-state index contributed by atoms with van der Waals surface area (Å²) in [6.07, 6.45) is 3.48. The van der Waals surface area contributed by atoms with Gasteiger partial charge >= 0.3 is 6.16 Å². The molecule has 26 heavy (non-hydrogen) atoms. The molecule has 0 aromatic heterocycles. The van der Waals surface area contributed by atoms with Gasteiger partial charge < -0.3 is 4.74 Å². The molecule has 1 aliphatic heterocycles. The Balaban J connectivity index is 1.35. The number of non-ortho nitro benzene ring substituents is 1. The Morgan fingerprint density at radius 3 is 2.23 bits per heavy atom. The fraction of sp³-hybridized carbons (Fsp3) is 0.353. The van der Waals surface area contributed by atoms with E-state index in [1.165, 1.54) is 24.3 Å². The smallest absolute Gasteiger partial charge is 0.428 e. The number of imide groups is 1. The van der Waals surface area contributed by atoms with Crippen LogP contribution in [0.25, 0.3) is 0 Å². The number of ether oxygens (including phenoxy) is 1. The molecule has 0 spiro atoms. The molecule has 4 atom stereocenters. The zero-order valence-corrected chi connectivity index (χ0v) is 13.4. The Kier molecular flexibility index (Phi) is 3.71. The van der Waals surface area contributed by atoms with E-state index < -0.39 is 34.7 Å². The van der Waals surface area contributed by atoms with Crippen molar-refractivity contribution in [3.05, 3.63) is 52.1 Å². The maximum atomic E-state index is 12.4. The number of allylic oxidation sites excluding steroid dienone is 2. The SMILES string of the molecule is O=C(OCc1ccc([N+](=O)[O-])cc1)ON1C(=O)C2C3C=CC(C3)C2C1=O. The lowest BCUT2D eigenvalue weighted by Gasteiger charge is -2.15. The van der Waals surface area contributed by atoms with Gasteiger partial charge in [-0.2, -0.15) is 0 Å². The third-order valence-corrected chi connectivity index (χ3v) is 5.10. The minimum Gasteiger partial charge on any atom is -0.428 e. The average Bonchev–Trinajstić information content (AvgIpc) is 3.30. The van der Waals surface area contributed by atoms with Gasteiger partial charge in [0.25, 0.3) is 17.5 Å². The second-order valence-electron chi connectivity index (χ2n) is 6.52. The number of nitrogens with zero attached hydrogens (tertiary/aromatic N) is 2. The van der Waals surface area contributed by atoms with Gasteiger partial charge in [0.15, 0.2) is 0 Å². The normalized spacial score (nSPS) is 28.4. The number of nitro benzene ring substituents is 1. The van der Waals surface area contributed by atoms with Crippen molar-refractivity contribution in [2.75, 3.05) is 0 Å². The number of fused-ring (bicyclic) bond motifs is 5. The van der Waals surface area contributed by atoms with E-state index in [0.717, 1.165) is 6.42 Å². The molecule has 2 fully saturated rings. The summed E-state index contributed by atoms with van der Waals surface area (Å²) >= 11 is 0. The average molecular weight is 358 g/mol. The highest BCUT2D eigenvalue weighted by Crippen LogP contribution is 2.52. The van der Waals surface area contributed by atoms with Gasteiger partial charge in [-0.1, -0.05) is 17.2 Å². The van der Waals surface area contributed by atoms with E-state index in [0.29, 0.717) is 10.6 Å². The number of hydrogen-bond acceptors (Lipinski definition) is 7. The van der Waals surface area contributed by atoms with E-state index in [1.807, 2.05) is 12.2 Å². The van der Waals surface area contributed by atoms with Crippen LogP contribution in [0.5, 0.6) is 0 Å². The van der Waals surface area contributed by atoms with Gasteiger partial charge in [0.1, 0.15) is 6.61 Å². The zero-order valence-electron chi connectivity index (χ0n) is 13.4. The number of hydroxylamine groups is 2. The van der Waals surface area contributed by atoms with Crippen LogP contribution in [0.2, 0.25) is 0 Å². The van der Waals surface area contributed by atoms with Gasteiger partial charge in [0, 0.05) is 12.1 Å². The molecule has 0 radical (unpaired) electrons. The number of benzene rings is 1. The molecule has 3 aliphatic rings. The molecule has 2 bridgehead atoms. The summed E-state index contributed by atoms with van der Waals surface area (Å²) in [5.41, 5.74) is 0.421. The molecule has 9 heteroatoms. The molecule has 2 amide bonds. The highest BCUT2D eigenvalue weighted by Gasteiger charge is 2.61. The van der Waals surface area contributed by atoms with Crippen LogP contribution in [0.1, 0.15) is 12.0 Å². The van der Waals surface area contributed by atoms with Crippen LogP contribution in [0.3, 0.4) is 0 Å². The standard InChI is InChI=1S/C17H14N2O7/c20-15-13-10-3-4-11(7-10)14(13)16(21)18(15)26-17(22)25-8-9-1-5-12(6-2-9)19(23)24/h1-6,10-11,13-14H,7-8H2. The van der Waals surface area contributed by atoms with E-state index in [-0.39, 0.29) is 24.1 Å². The third-order valence-electron chi connectivity index (χ3n) is 5.10. The lowest BCUT2D eigenvalue weighted by molar-refractivity contribution is -0.384. The van der Waals surface area contributed by atoms with Crippen LogP contribution >= 0.6 is 0 Å². The van der Waals surface area contributed by atoms with Crippen LogP contribution in [0, 0.1) is 33.8 Å². The molecular formula is C17H14N2O7. The fourth-order valence-corrected chi connectivity index (χ4v) is 3.92. The van der Waals surface area contributed by atoms with E-state index in [2.05, 4.69) is 0 Å². The van der Waals surface area contributed by atoms with Crippen molar-refractivity contribution >= 4 is 23.7 Å². The molecule has 1 heterocycles. The van der Waals surface area contributed by atoms with E-state index >= 15 is 0 Å². The van der Waals surface area contributed by atoms with Crippen molar-refractivity contribution in [1.82, 2.24) is 5.06 Å². The number of carbonyl (C=O) groups is 3. The maximum Gasteiger partial charge on any atom is 0.534 e. The second kappa shape index (κ2) is 5.94. The quantitative estimate of drug-likeness (QED) is 0.265. The van der Waals surface area contributed by atoms with Gasteiger partial charge in [-0.15, -0.1) is 0 Å². The highest BCUT2D eigenvalue weighted by molar-refractivity contribution is 6.05. The number of nitro groups is 1. The minimum absolute atomic E-state index is 0.0196. The summed E-state index contributed by atoms with van der Waals surface area (Å²) in [5, 5.41) is 11.1. The molecule has 1 aromatic rings. The summed E-state index contributed by atoms with van der Waals surface area (Å²) in [6, 6.07) is 5.43. The molecule has 4 rings (SSSR count). The first-order chi connectivity index (χ1) is 12.5. The van der Waals surface area contributed by atoms with E-state index in [9.17, 15) is 24.5 Å². The van der Waals surface area contributed by atoms with Gasteiger partial charge in [-0.05, 0) is 36.0 Å². The van der Waals surface area contributed by atoms with Crippen molar-refractivity contribution in [2.45, 2.75) is 13.0 Å². The van der Waals surface area contributed by atoms with Crippen molar-refractivity contribution in [2.24, 2.45) is 23.7 Å². The van der Waals surface area contributed by atoms with Gasteiger partial charge in [0.05, 0.1) is 16.8 Å². The number of carbonyl (C=O) groups excluding carboxylic acids is 3. The monoisotopic (exact) mass is 358 g/mol. The van der Waals surface area contributed by atoms with Crippen LogP contribution in [0.15, 0.2) is 36.4 Å². The Labute approximate surface area is 147 Å². The van der Waals surface area contributed by atoms with E-state index in [1.54, 1.807) is 0 Å². The van der Waals surface area contributed by atoms with Gasteiger partial charge in [0.2, 0.25) is 0 Å². The lowest BCUT2D eigenvalue weighted by Crippen LogP contribution is -2.35. The molecule has 9 nitrogen and oxygen atoms in total. The molecule has 134 valence electrons. The minimum atomic E-state index is -1.18. The molecule has 1 saturated carbocycles. The van der Waals surface area contributed by atoms with Crippen LogP contribution in [-0.4, -0.2) is 28.0 Å². The van der Waals surface area contributed by atoms with Crippen LogP contribution in [-0.2, 0) is 25.8 Å². The molecule has 4 unspecified atom stereocenters. The molecule has 2 aliphatic carbocycles. The highest BCUT2D eigenvalue weighted by atomic mass is 16.8. The first-order valence-electron chi connectivity index (χ1n) is 8.10. The number of amides is 2. The summed E-state index contributed by atoms with van der Waals surface area (Å²) < 4.78 is 4.89. The first kappa shape index (κ1) is 16.2. The zero-order chi connectivity index (χ0) is 18.4. The largest absolute Gasteiger partial charge is 0.534 e. The first-order valence-corrected chi connectivity index (χ1v) is 8.10. The van der Waals surface area contributed by atoms with Crippen LogP contribution < -0.4 is 0 Å². The van der Waals surface area contributed by atoms with Crippen molar-refractivity contribution in [1.29, 1.82) is 0 Å². The molecule has 1 aromatic carbocycles. The van der Waals surface area contributed by atoms with Crippen molar-refractivity contribution < 1.29 is 28.9 Å². The molecule has 0 N–H and O–H groups in total. The summed E-state index contributed by atoms with van der Waals surface area (Å²) in [7, 11) is 0. The predicted octanol–water partition coefficient (Wildman–Crippen LogP) is 1.97. The predicted molar refractivity (Wildman–Crippen MR) is 83.9 cm³/mol. The fourth-order valence-electron chi connectivity index (χ4n) is 3.92. The molecular weight excluding hydrogens is 344 g/mol. The van der Waals surface area contributed by atoms with E-state index in [4.69, 9.17) is 9.57 Å². The summed E-state index contributed by atoms with van der Waals surface area (Å²) in [4.78, 5) is 51.4. The number of rotatable bonds is 4. The topological polar surface area (TPSA) is 116 Å². The van der Waals surface area contributed by atoms with Crippen molar-refractivity contribution in [3.8, 4) is 0 Å². The van der Waals surface area contributed by atoms with Crippen molar-refractivity contribution in [3.63, 3.8) is 0 Å². The lowest BCUT2D eigenvalue weighted by atomic mass is 9.85. The summed E-state index contributed by atoms with van der Waals surface area (Å²) in [5.74, 6) is -1.90. The Hall–Kier alpha value is -3.23. The van der Waals surface area contributed by atoms with Gasteiger partial charge in [-0.3, -0.25) is 24.5 Å². The third kappa shape index (κ3) is 2.52. The Bertz CT molecular complexity index is 802. The molecule has 1 saturated heterocycles. The second-order valence-corrected chi connectivity index (χ2v) is 6.52. The van der Waals surface area contributed by atoms with Gasteiger partial charge in [-0.25, -0.2) is 4.79 Å². The Morgan fingerprint density at radius 2 is 1.69 bits per heavy atom.